The zero-order valence-electron chi connectivity index (χ0n) is 20.2. The van der Waals surface area contributed by atoms with E-state index >= 15 is 0 Å². The Morgan fingerprint density at radius 3 is 2.63 bits per heavy atom. The Hall–Kier alpha value is -4.26. The molecule has 4 aromatic rings. The molecule has 4 heterocycles. The van der Waals surface area contributed by atoms with Gasteiger partial charge in [0, 0.05) is 38.0 Å². The molecule has 13 heteroatoms. The summed E-state index contributed by atoms with van der Waals surface area (Å²) in [4.78, 5) is 22.2. The van der Waals surface area contributed by atoms with Crippen LogP contribution < -0.4 is 4.74 Å². The zero-order valence-corrected chi connectivity index (χ0v) is 20.2. The fraction of sp³-hybridized carbons (Fsp3) is 0.320. The van der Waals surface area contributed by atoms with Crippen molar-refractivity contribution in [1.82, 2.24) is 29.8 Å². The van der Waals surface area contributed by atoms with Gasteiger partial charge in [-0.05, 0) is 18.1 Å². The van der Waals surface area contributed by atoms with Gasteiger partial charge in [0.25, 0.3) is 5.89 Å². The molecule has 0 unspecified atom stereocenters. The van der Waals surface area contributed by atoms with Crippen LogP contribution >= 0.6 is 0 Å². The fourth-order valence-corrected chi connectivity index (χ4v) is 4.06. The number of carbonyl (C=O) groups excluding carboxylic acids is 1. The van der Waals surface area contributed by atoms with E-state index in [1.807, 2.05) is 12.1 Å². The summed E-state index contributed by atoms with van der Waals surface area (Å²) < 4.78 is 50.8. The van der Waals surface area contributed by atoms with Crippen molar-refractivity contribution in [2.75, 3.05) is 13.1 Å². The number of rotatable bonds is 7. The molecular weight excluding hydrogens is 505 g/mol. The lowest BCUT2D eigenvalue weighted by Gasteiger charge is -2.15. The Labute approximate surface area is 214 Å². The highest BCUT2D eigenvalue weighted by molar-refractivity contribution is 5.79. The van der Waals surface area contributed by atoms with E-state index in [0.717, 1.165) is 17.7 Å². The maximum atomic E-state index is 12.7. The highest BCUT2D eigenvalue weighted by Crippen LogP contribution is 2.30. The molecule has 1 atom stereocenters. The number of nitrogens with zero attached hydrogens (tertiary/aromatic N) is 6. The van der Waals surface area contributed by atoms with Crippen molar-refractivity contribution in [3.8, 4) is 28.7 Å². The molecule has 0 bridgehead atoms. The minimum absolute atomic E-state index is 0.0239. The van der Waals surface area contributed by atoms with Crippen LogP contribution in [0.3, 0.4) is 0 Å². The fourth-order valence-electron chi connectivity index (χ4n) is 4.06. The van der Waals surface area contributed by atoms with Crippen molar-refractivity contribution in [2.24, 2.45) is 7.05 Å². The molecule has 1 fully saturated rings. The molecule has 1 amide bonds. The molecule has 1 saturated heterocycles. The van der Waals surface area contributed by atoms with E-state index in [0.29, 0.717) is 48.4 Å². The first-order valence-electron chi connectivity index (χ1n) is 11.7. The van der Waals surface area contributed by atoms with Crippen LogP contribution in [0.4, 0.5) is 13.2 Å². The number of alkyl halides is 3. The van der Waals surface area contributed by atoms with Crippen LogP contribution in [0.25, 0.3) is 22.8 Å². The van der Waals surface area contributed by atoms with Gasteiger partial charge in [-0.25, -0.2) is 4.98 Å². The lowest BCUT2D eigenvalue weighted by Crippen LogP contribution is -2.30. The second-order valence-electron chi connectivity index (χ2n) is 8.88. The van der Waals surface area contributed by atoms with Crippen LogP contribution in [0.15, 0.2) is 53.3 Å². The number of benzene rings is 1. The second kappa shape index (κ2) is 10.2. The Morgan fingerprint density at radius 2 is 1.97 bits per heavy atom. The maximum absolute atomic E-state index is 12.7. The summed E-state index contributed by atoms with van der Waals surface area (Å²) in [5.74, 6) is 0.518. The van der Waals surface area contributed by atoms with Gasteiger partial charge < -0.3 is 19.3 Å². The summed E-state index contributed by atoms with van der Waals surface area (Å²) in [6.07, 6.45) is -1.87. The smallest absolute Gasteiger partial charge is 0.417 e. The lowest BCUT2D eigenvalue weighted by atomic mass is 10.1. The van der Waals surface area contributed by atoms with E-state index in [1.165, 1.54) is 10.9 Å². The Morgan fingerprint density at radius 1 is 1.18 bits per heavy atom. The molecule has 198 valence electrons. The summed E-state index contributed by atoms with van der Waals surface area (Å²) >= 11 is 0. The predicted octanol–water partition coefficient (Wildman–Crippen LogP) is 3.27. The number of ether oxygens (including phenoxy) is 1. The summed E-state index contributed by atoms with van der Waals surface area (Å²) in [6.45, 7) is 0.884. The number of pyridine rings is 1. The van der Waals surface area contributed by atoms with E-state index in [-0.39, 0.29) is 30.7 Å². The van der Waals surface area contributed by atoms with Crippen LogP contribution in [-0.4, -0.2) is 60.0 Å². The summed E-state index contributed by atoms with van der Waals surface area (Å²) in [5, 5.41) is 17.9. The van der Waals surface area contributed by atoms with Gasteiger partial charge in [0.15, 0.2) is 0 Å². The molecule has 0 saturated carbocycles. The van der Waals surface area contributed by atoms with E-state index in [4.69, 9.17) is 9.26 Å². The number of aliphatic hydroxyl groups is 1. The first-order valence-corrected chi connectivity index (χ1v) is 11.7. The van der Waals surface area contributed by atoms with Crippen molar-refractivity contribution in [2.45, 2.75) is 31.7 Å². The standard InChI is InChI=1S/C25H23F3N6O4/c1-33-20(14-37-21-7-6-17(11-29-21)25(26,27)28)19(12-30-33)24-31-23(32-38-24)16-4-2-15(3-5-16)10-22(36)34-9-8-18(35)13-34/h2-7,11-12,18,35H,8-10,13-14H2,1H3/t18-/m1/s1. The van der Waals surface area contributed by atoms with Crippen LogP contribution in [0, 0.1) is 0 Å². The van der Waals surface area contributed by atoms with Gasteiger partial charge in [0.2, 0.25) is 17.6 Å². The highest BCUT2D eigenvalue weighted by atomic mass is 19.4. The third-order valence-corrected chi connectivity index (χ3v) is 6.22. The number of aliphatic hydroxyl groups excluding tert-OH is 1. The van der Waals surface area contributed by atoms with Gasteiger partial charge in [0.05, 0.1) is 35.5 Å². The van der Waals surface area contributed by atoms with Crippen molar-refractivity contribution in [3.63, 3.8) is 0 Å². The van der Waals surface area contributed by atoms with Crippen LogP contribution in [0.1, 0.15) is 23.2 Å². The third kappa shape index (κ3) is 5.52. The molecular formula is C25H23F3N6O4. The van der Waals surface area contributed by atoms with Crippen molar-refractivity contribution >= 4 is 5.91 Å². The highest BCUT2D eigenvalue weighted by Gasteiger charge is 2.31. The molecule has 1 N–H and O–H groups in total. The van der Waals surface area contributed by atoms with E-state index in [9.17, 15) is 23.1 Å². The molecule has 10 nitrogen and oxygen atoms in total. The average molecular weight is 528 g/mol. The monoisotopic (exact) mass is 528 g/mol. The van der Waals surface area contributed by atoms with Crippen LogP contribution in [-0.2, 0) is 31.0 Å². The van der Waals surface area contributed by atoms with Gasteiger partial charge in [-0.2, -0.15) is 23.3 Å². The quantitative estimate of drug-likeness (QED) is 0.388. The lowest BCUT2D eigenvalue weighted by molar-refractivity contribution is -0.137. The zero-order chi connectivity index (χ0) is 26.9. The molecule has 5 rings (SSSR count). The molecule has 38 heavy (non-hydrogen) atoms. The molecule has 1 aliphatic heterocycles. The van der Waals surface area contributed by atoms with Crippen LogP contribution in [0.5, 0.6) is 5.88 Å². The number of hydrogen-bond donors (Lipinski definition) is 1. The summed E-state index contributed by atoms with van der Waals surface area (Å²) in [5.41, 5.74) is 1.71. The minimum atomic E-state index is -4.48. The molecule has 1 aliphatic rings. The van der Waals surface area contributed by atoms with Crippen molar-refractivity contribution < 1.29 is 32.3 Å². The SMILES string of the molecule is Cn1ncc(-c2nc(-c3ccc(CC(=O)N4CC[C@@H](O)C4)cc3)no2)c1COc1ccc(C(F)(F)F)cn1. The number of halogens is 3. The largest absolute Gasteiger partial charge is 0.471 e. The number of aryl methyl sites for hydroxylation is 1. The van der Waals surface area contributed by atoms with Crippen LogP contribution in [0.2, 0.25) is 0 Å². The van der Waals surface area contributed by atoms with Gasteiger partial charge in [-0.15, -0.1) is 0 Å². The first-order chi connectivity index (χ1) is 18.2. The number of carbonyl (C=O) groups is 1. The van der Waals surface area contributed by atoms with E-state index in [1.54, 1.807) is 24.1 Å². The average Bonchev–Trinajstić information content (AvgIpc) is 3.63. The van der Waals surface area contributed by atoms with E-state index < -0.39 is 17.8 Å². The summed E-state index contributed by atoms with van der Waals surface area (Å²) in [6, 6.07) is 9.26. The number of aromatic nitrogens is 5. The molecule has 1 aromatic carbocycles. The van der Waals surface area contributed by atoms with Gasteiger partial charge in [0.1, 0.15) is 6.61 Å². The first kappa shape index (κ1) is 25.4. The van der Waals surface area contributed by atoms with Crippen molar-refractivity contribution in [3.05, 3.63) is 65.6 Å². The van der Waals surface area contributed by atoms with Gasteiger partial charge in [-0.1, -0.05) is 29.4 Å². The number of β-amino-alcohol motifs (C(OH)–C–C–N with tert-alkyl or cyclic N) is 1. The number of likely N-dealkylation sites (tertiary alicyclic amines) is 1. The van der Waals surface area contributed by atoms with E-state index in [2.05, 4.69) is 20.2 Å². The minimum Gasteiger partial charge on any atom is -0.471 e. The molecule has 0 spiro atoms. The van der Waals surface area contributed by atoms with Gasteiger partial charge in [-0.3, -0.25) is 9.48 Å². The predicted molar refractivity (Wildman–Crippen MR) is 126 cm³/mol. The number of amides is 1. The Balaban J connectivity index is 1.25. The number of hydrogen-bond acceptors (Lipinski definition) is 8. The molecule has 3 aromatic heterocycles. The topological polar surface area (TPSA) is 119 Å². The second-order valence-corrected chi connectivity index (χ2v) is 8.88. The molecule has 0 aliphatic carbocycles. The Kier molecular flexibility index (Phi) is 6.85. The maximum Gasteiger partial charge on any atom is 0.417 e. The molecule has 0 radical (unpaired) electrons. The van der Waals surface area contributed by atoms with Crippen molar-refractivity contribution in [1.29, 1.82) is 0 Å². The Bertz CT molecular complexity index is 1420. The normalized spacial score (nSPS) is 15.7. The third-order valence-electron chi connectivity index (χ3n) is 6.22. The van der Waals surface area contributed by atoms with Gasteiger partial charge >= 0.3 is 6.18 Å². The summed E-state index contributed by atoms with van der Waals surface area (Å²) in [7, 11) is 1.68.